The SMILES string of the molecule is CCCOc1ccc(C(=O)NNC(=O)Cn2nnc3ccccc3c2=O)cc1OC. The smallest absolute Gasteiger partial charge is 0.278 e. The molecule has 30 heavy (non-hydrogen) atoms. The van der Waals surface area contributed by atoms with Crippen molar-refractivity contribution in [1.82, 2.24) is 25.8 Å². The number of hydrogen-bond donors (Lipinski definition) is 2. The molecule has 3 aromatic rings. The van der Waals surface area contributed by atoms with Gasteiger partial charge in [-0.05, 0) is 36.8 Å². The second-order valence-corrected chi connectivity index (χ2v) is 6.29. The summed E-state index contributed by atoms with van der Waals surface area (Å²) in [4.78, 5) is 36.8. The summed E-state index contributed by atoms with van der Waals surface area (Å²) in [5, 5.41) is 7.99. The number of nitrogens with one attached hydrogen (secondary N) is 2. The van der Waals surface area contributed by atoms with Crippen molar-refractivity contribution in [3.8, 4) is 11.5 Å². The number of carbonyl (C=O) groups excluding carboxylic acids is 2. The largest absolute Gasteiger partial charge is 0.493 e. The summed E-state index contributed by atoms with van der Waals surface area (Å²) in [6.45, 7) is 2.10. The Morgan fingerprint density at radius 2 is 1.90 bits per heavy atom. The predicted octanol–water partition coefficient (Wildman–Crippen LogP) is 1.05. The molecule has 2 N–H and O–H groups in total. The summed E-state index contributed by atoms with van der Waals surface area (Å²) in [5.74, 6) is -0.264. The van der Waals surface area contributed by atoms with E-state index in [1.807, 2.05) is 6.92 Å². The number of aromatic nitrogens is 3. The Balaban J connectivity index is 1.63. The summed E-state index contributed by atoms with van der Waals surface area (Å²) in [6, 6.07) is 11.4. The van der Waals surface area contributed by atoms with Crippen molar-refractivity contribution >= 4 is 22.7 Å². The molecule has 0 fully saturated rings. The van der Waals surface area contributed by atoms with E-state index in [1.165, 1.54) is 13.2 Å². The van der Waals surface area contributed by atoms with Gasteiger partial charge in [0.2, 0.25) is 0 Å². The first-order chi connectivity index (χ1) is 14.5. The Labute approximate surface area is 171 Å². The summed E-state index contributed by atoms with van der Waals surface area (Å²) < 4.78 is 11.7. The zero-order valence-electron chi connectivity index (χ0n) is 16.5. The van der Waals surface area contributed by atoms with Crippen molar-refractivity contribution in [2.24, 2.45) is 0 Å². The van der Waals surface area contributed by atoms with Gasteiger partial charge >= 0.3 is 0 Å². The van der Waals surface area contributed by atoms with Crippen molar-refractivity contribution in [1.29, 1.82) is 0 Å². The molecule has 156 valence electrons. The van der Waals surface area contributed by atoms with Crippen LogP contribution in [0.1, 0.15) is 23.7 Å². The average molecular weight is 411 g/mol. The van der Waals surface area contributed by atoms with E-state index in [2.05, 4.69) is 21.2 Å². The summed E-state index contributed by atoms with van der Waals surface area (Å²) in [7, 11) is 1.47. The number of hydrogen-bond acceptors (Lipinski definition) is 7. The topological polar surface area (TPSA) is 124 Å². The number of fused-ring (bicyclic) bond motifs is 1. The van der Waals surface area contributed by atoms with Gasteiger partial charge in [0.25, 0.3) is 17.4 Å². The molecule has 0 saturated heterocycles. The Morgan fingerprint density at radius 1 is 1.10 bits per heavy atom. The van der Waals surface area contributed by atoms with Gasteiger partial charge in [-0.25, -0.2) is 4.68 Å². The van der Waals surface area contributed by atoms with Gasteiger partial charge in [0.1, 0.15) is 12.1 Å². The van der Waals surface area contributed by atoms with Gasteiger partial charge < -0.3 is 9.47 Å². The minimum absolute atomic E-state index is 0.263. The number of methoxy groups -OCH3 is 1. The highest BCUT2D eigenvalue weighted by molar-refractivity contribution is 5.96. The second kappa shape index (κ2) is 9.50. The van der Waals surface area contributed by atoms with E-state index in [-0.39, 0.29) is 5.56 Å². The van der Waals surface area contributed by atoms with Crippen LogP contribution in [0.15, 0.2) is 47.3 Å². The molecule has 0 aliphatic carbocycles. The van der Waals surface area contributed by atoms with Crippen molar-refractivity contribution < 1.29 is 19.1 Å². The van der Waals surface area contributed by atoms with Crippen LogP contribution < -0.4 is 25.9 Å². The third-order valence-corrected chi connectivity index (χ3v) is 4.13. The van der Waals surface area contributed by atoms with Crippen LogP contribution in [-0.2, 0) is 11.3 Å². The molecule has 10 heteroatoms. The standard InChI is InChI=1S/C20H21N5O5/c1-3-10-30-16-9-8-13(11-17(16)29-2)19(27)23-22-18(26)12-25-20(28)14-6-4-5-7-15(14)21-24-25/h4-9,11H,3,10,12H2,1-2H3,(H,22,26)(H,23,27). The van der Waals surface area contributed by atoms with E-state index >= 15 is 0 Å². The third-order valence-electron chi connectivity index (χ3n) is 4.13. The fourth-order valence-electron chi connectivity index (χ4n) is 2.64. The van der Waals surface area contributed by atoms with Gasteiger partial charge in [-0.15, -0.1) is 5.10 Å². The number of rotatable bonds is 7. The number of carbonyl (C=O) groups is 2. The van der Waals surface area contributed by atoms with Crippen molar-refractivity contribution in [2.75, 3.05) is 13.7 Å². The van der Waals surface area contributed by atoms with Gasteiger partial charge in [0.15, 0.2) is 11.5 Å². The Bertz CT molecular complexity index is 1130. The van der Waals surface area contributed by atoms with Crippen LogP contribution >= 0.6 is 0 Å². The number of ether oxygens (including phenoxy) is 2. The van der Waals surface area contributed by atoms with E-state index in [1.54, 1.807) is 36.4 Å². The quantitative estimate of drug-likeness (QED) is 0.557. The van der Waals surface area contributed by atoms with E-state index in [0.29, 0.717) is 29.0 Å². The summed E-state index contributed by atoms with van der Waals surface area (Å²) in [6.07, 6.45) is 0.835. The first kappa shape index (κ1) is 20.8. The van der Waals surface area contributed by atoms with Crippen molar-refractivity contribution in [3.63, 3.8) is 0 Å². The average Bonchev–Trinajstić information content (AvgIpc) is 2.78. The zero-order chi connectivity index (χ0) is 21.5. The van der Waals surface area contributed by atoms with Crippen molar-refractivity contribution in [3.05, 3.63) is 58.4 Å². The molecule has 2 aromatic carbocycles. The first-order valence-electron chi connectivity index (χ1n) is 9.26. The number of nitrogens with zero attached hydrogens (tertiary/aromatic N) is 3. The molecular formula is C20H21N5O5. The molecule has 1 heterocycles. The van der Waals surface area contributed by atoms with Gasteiger partial charge in [0.05, 0.1) is 19.1 Å². The molecule has 0 bridgehead atoms. The fraction of sp³-hybridized carbons (Fsp3) is 0.250. The lowest BCUT2D eigenvalue weighted by Gasteiger charge is -2.12. The van der Waals surface area contributed by atoms with Crippen LogP contribution in [0.25, 0.3) is 10.9 Å². The maximum Gasteiger partial charge on any atom is 0.278 e. The number of benzene rings is 2. The van der Waals surface area contributed by atoms with Crippen molar-refractivity contribution in [2.45, 2.75) is 19.9 Å². The molecule has 3 rings (SSSR count). The third kappa shape index (κ3) is 4.72. The maximum atomic E-state index is 12.4. The molecule has 1 aromatic heterocycles. The van der Waals surface area contributed by atoms with Gasteiger partial charge in [0, 0.05) is 5.56 Å². The lowest BCUT2D eigenvalue weighted by Crippen LogP contribution is -2.44. The zero-order valence-corrected chi connectivity index (χ0v) is 16.5. The van der Waals surface area contributed by atoms with E-state index < -0.39 is 23.9 Å². The van der Waals surface area contributed by atoms with E-state index in [0.717, 1.165) is 11.1 Å². The summed E-state index contributed by atoms with van der Waals surface area (Å²) in [5.41, 5.74) is 4.80. The molecule has 0 spiro atoms. The van der Waals surface area contributed by atoms with Crippen LogP contribution in [0.2, 0.25) is 0 Å². The fourth-order valence-corrected chi connectivity index (χ4v) is 2.64. The normalized spacial score (nSPS) is 10.5. The van der Waals surface area contributed by atoms with Gasteiger partial charge in [-0.2, -0.15) is 0 Å². The molecule has 10 nitrogen and oxygen atoms in total. The summed E-state index contributed by atoms with van der Waals surface area (Å²) >= 11 is 0. The molecular weight excluding hydrogens is 390 g/mol. The highest BCUT2D eigenvalue weighted by Crippen LogP contribution is 2.28. The Hall–Kier alpha value is -3.95. The molecule has 0 unspecified atom stereocenters. The molecule has 0 atom stereocenters. The Kier molecular flexibility index (Phi) is 6.58. The van der Waals surface area contributed by atoms with Crippen LogP contribution in [0.4, 0.5) is 0 Å². The van der Waals surface area contributed by atoms with Gasteiger partial charge in [-0.1, -0.05) is 24.3 Å². The minimum atomic E-state index is -0.634. The number of amides is 2. The molecule has 0 radical (unpaired) electrons. The lowest BCUT2D eigenvalue weighted by atomic mass is 10.2. The molecule has 0 aliphatic rings. The molecule has 2 amide bonds. The van der Waals surface area contributed by atoms with Crippen LogP contribution in [0.3, 0.4) is 0 Å². The van der Waals surface area contributed by atoms with Crippen LogP contribution in [0, 0.1) is 0 Å². The van der Waals surface area contributed by atoms with Crippen LogP contribution in [-0.4, -0.2) is 40.5 Å². The molecule has 0 saturated carbocycles. The highest BCUT2D eigenvalue weighted by atomic mass is 16.5. The molecule has 0 aliphatic heterocycles. The Morgan fingerprint density at radius 3 is 2.67 bits per heavy atom. The highest BCUT2D eigenvalue weighted by Gasteiger charge is 2.13. The second-order valence-electron chi connectivity index (χ2n) is 6.29. The predicted molar refractivity (Wildman–Crippen MR) is 108 cm³/mol. The van der Waals surface area contributed by atoms with E-state index in [9.17, 15) is 14.4 Å². The van der Waals surface area contributed by atoms with Gasteiger partial charge in [-0.3, -0.25) is 25.2 Å². The van der Waals surface area contributed by atoms with Crippen LogP contribution in [0.5, 0.6) is 11.5 Å². The van der Waals surface area contributed by atoms with E-state index in [4.69, 9.17) is 9.47 Å². The number of hydrazine groups is 1. The first-order valence-corrected chi connectivity index (χ1v) is 9.26. The lowest BCUT2D eigenvalue weighted by molar-refractivity contribution is -0.122. The monoisotopic (exact) mass is 411 g/mol. The minimum Gasteiger partial charge on any atom is -0.493 e. The maximum absolute atomic E-state index is 12.4.